The van der Waals surface area contributed by atoms with Crippen LogP contribution in [0.25, 0.3) is 0 Å². The summed E-state index contributed by atoms with van der Waals surface area (Å²) in [5, 5.41) is 0. The first kappa shape index (κ1) is 40.7. The van der Waals surface area contributed by atoms with Gasteiger partial charge in [-0.15, -0.1) is 0 Å². The number of esters is 4. The van der Waals surface area contributed by atoms with Crippen molar-refractivity contribution >= 4 is 23.9 Å². The van der Waals surface area contributed by atoms with Gasteiger partial charge in [-0.05, 0) is 115 Å². The summed E-state index contributed by atoms with van der Waals surface area (Å²) in [6, 6.07) is 19.4. The lowest BCUT2D eigenvalue weighted by atomic mass is 9.78. The molecule has 50 heavy (non-hydrogen) atoms. The van der Waals surface area contributed by atoms with E-state index in [-0.39, 0.29) is 23.9 Å². The summed E-state index contributed by atoms with van der Waals surface area (Å²) in [4.78, 5) is 48.2. The van der Waals surface area contributed by atoms with Crippen LogP contribution in [0, 0.1) is 23.7 Å². The smallest absolute Gasteiger partial charge is 0.306 e. The van der Waals surface area contributed by atoms with Crippen LogP contribution in [0.4, 0.5) is 0 Å². The van der Waals surface area contributed by atoms with Gasteiger partial charge in [-0.25, -0.2) is 0 Å². The second-order valence-corrected chi connectivity index (χ2v) is 16.1. The Balaban J connectivity index is 0.000000270. The maximum absolute atomic E-state index is 12.1. The average molecular weight is 693 g/mol. The van der Waals surface area contributed by atoms with E-state index in [0.717, 1.165) is 62.5 Å². The van der Waals surface area contributed by atoms with Crippen molar-refractivity contribution in [1.82, 2.24) is 0 Å². The van der Waals surface area contributed by atoms with E-state index in [1.165, 1.54) is 0 Å². The highest BCUT2D eigenvalue weighted by Gasteiger charge is 2.29. The van der Waals surface area contributed by atoms with Gasteiger partial charge in [-0.2, -0.15) is 0 Å². The third kappa shape index (κ3) is 17.8. The van der Waals surface area contributed by atoms with E-state index in [9.17, 15) is 19.2 Å². The summed E-state index contributed by atoms with van der Waals surface area (Å²) in [7, 11) is 0. The molecule has 2 aromatic rings. The summed E-state index contributed by atoms with van der Waals surface area (Å²) in [5.41, 5.74) is 1.13. The number of carbonyl (C=O) groups excluding carboxylic acids is 4. The normalized spacial score (nSPS) is 20.8. The Labute approximate surface area is 300 Å². The van der Waals surface area contributed by atoms with Crippen LogP contribution in [0.3, 0.4) is 0 Å². The van der Waals surface area contributed by atoms with Crippen LogP contribution < -0.4 is 0 Å². The van der Waals surface area contributed by atoms with E-state index in [4.69, 9.17) is 18.9 Å². The Hall–Kier alpha value is -3.68. The Morgan fingerprint density at radius 2 is 0.800 bits per heavy atom. The summed E-state index contributed by atoms with van der Waals surface area (Å²) in [5.74, 6) is 0.688. The number of hydrogen-bond acceptors (Lipinski definition) is 8. The lowest BCUT2D eigenvalue weighted by molar-refractivity contribution is -0.157. The Morgan fingerprint density at radius 1 is 0.500 bits per heavy atom. The van der Waals surface area contributed by atoms with Crippen LogP contribution in [0.5, 0.6) is 0 Å². The largest absolute Gasteiger partial charge is 0.461 e. The Kier molecular flexibility index (Phi) is 16.5. The van der Waals surface area contributed by atoms with Crippen molar-refractivity contribution in [3.05, 3.63) is 71.8 Å². The molecular formula is C42H60O8. The van der Waals surface area contributed by atoms with Crippen LogP contribution in [0.1, 0.15) is 130 Å². The quantitative estimate of drug-likeness (QED) is 0.160. The highest BCUT2D eigenvalue weighted by Crippen LogP contribution is 2.35. The lowest BCUT2D eigenvalue weighted by Crippen LogP contribution is -2.27. The zero-order chi connectivity index (χ0) is 36.6. The summed E-state index contributed by atoms with van der Waals surface area (Å²) < 4.78 is 21.6. The Morgan fingerprint density at radius 3 is 1.10 bits per heavy atom. The first-order chi connectivity index (χ1) is 23.6. The molecule has 2 fully saturated rings. The monoisotopic (exact) mass is 692 g/mol. The fourth-order valence-electron chi connectivity index (χ4n) is 6.85. The molecule has 2 aromatic carbocycles. The Bertz CT molecular complexity index is 1220. The third-order valence-corrected chi connectivity index (χ3v) is 8.93. The SMILES string of the molecule is CC(C)(C)OC(=O)C[C@@H]1CCC[C@H](CC(=O)OCc2ccccc2)C1.CC(C)(C)OC(=O)C[C@H]1CCC[C@@H](CC(=O)OCc2ccccc2)C1. The highest BCUT2D eigenvalue weighted by molar-refractivity contribution is 5.71. The van der Waals surface area contributed by atoms with Crippen molar-refractivity contribution < 1.29 is 38.1 Å². The van der Waals surface area contributed by atoms with Crippen LogP contribution in [-0.2, 0) is 51.3 Å². The van der Waals surface area contributed by atoms with E-state index >= 15 is 0 Å². The molecule has 0 aromatic heterocycles. The fraction of sp³-hybridized carbons (Fsp3) is 0.619. The standard InChI is InChI=1S/2C21H30O4/c2*1-21(2,3)25-20(23)14-18-11-7-10-17(12-18)13-19(22)24-15-16-8-5-4-6-9-16/h2*4-6,8-9,17-18H,7,10-15H2,1-3H3/t2*17-,18+/m10/s1. The second kappa shape index (κ2) is 20.2. The zero-order valence-electron chi connectivity index (χ0n) is 31.2. The van der Waals surface area contributed by atoms with Gasteiger partial charge in [-0.1, -0.05) is 73.5 Å². The number of benzene rings is 2. The maximum atomic E-state index is 12.1. The van der Waals surface area contributed by atoms with Gasteiger partial charge in [0.15, 0.2) is 0 Å². The van der Waals surface area contributed by atoms with Gasteiger partial charge in [0.1, 0.15) is 24.4 Å². The topological polar surface area (TPSA) is 105 Å². The molecule has 4 rings (SSSR count). The number of ether oxygens (including phenoxy) is 4. The van der Waals surface area contributed by atoms with Crippen LogP contribution in [0.2, 0.25) is 0 Å². The molecule has 4 atom stereocenters. The molecule has 0 unspecified atom stereocenters. The van der Waals surface area contributed by atoms with E-state index in [0.29, 0.717) is 62.6 Å². The molecule has 0 aliphatic heterocycles. The van der Waals surface area contributed by atoms with E-state index in [1.54, 1.807) is 0 Å². The molecule has 0 saturated heterocycles. The summed E-state index contributed by atoms with van der Waals surface area (Å²) in [6.07, 6.45) is 9.85. The highest BCUT2D eigenvalue weighted by atomic mass is 16.6. The van der Waals surface area contributed by atoms with Gasteiger partial charge in [0.05, 0.1) is 0 Å². The lowest BCUT2D eigenvalue weighted by Gasteiger charge is -2.29. The molecule has 2 aliphatic carbocycles. The average Bonchev–Trinajstić information content (AvgIpc) is 3.03. The van der Waals surface area contributed by atoms with Gasteiger partial charge in [-0.3, -0.25) is 19.2 Å². The molecule has 0 spiro atoms. The van der Waals surface area contributed by atoms with E-state index in [2.05, 4.69) is 0 Å². The second-order valence-electron chi connectivity index (χ2n) is 16.1. The number of hydrogen-bond donors (Lipinski definition) is 0. The molecule has 0 radical (unpaired) electrons. The zero-order valence-corrected chi connectivity index (χ0v) is 31.2. The van der Waals surface area contributed by atoms with Crippen molar-refractivity contribution in [3.8, 4) is 0 Å². The minimum atomic E-state index is -0.438. The third-order valence-electron chi connectivity index (χ3n) is 8.93. The molecule has 0 amide bonds. The fourth-order valence-corrected chi connectivity index (χ4v) is 6.85. The first-order valence-corrected chi connectivity index (χ1v) is 18.5. The molecule has 2 saturated carbocycles. The van der Waals surface area contributed by atoms with Crippen molar-refractivity contribution in [3.63, 3.8) is 0 Å². The molecule has 2 aliphatic rings. The van der Waals surface area contributed by atoms with Crippen LogP contribution in [0.15, 0.2) is 60.7 Å². The van der Waals surface area contributed by atoms with E-state index in [1.807, 2.05) is 102 Å². The minimum absolute atomic E-state index is 0.134. The van der Waals surface area contributed by atoms with E-state index < -0.39 is 11.2 Å². The van der Waals surface area contributed by atoms with Crippen molar-refractivity contribution in [2.75, 3.05) is 0 Å². The summed E-state index contributed by atoms with van der Waals surface area (Å²) in [6.45, 7) is 12.0. The first-order valence-electron chi connectivity index (χ1n) is 18.5. The van der Waals surface area contributed by atoms with Gasteiger partial charge in [0, 0.05) is 25.7 Å². The minimum Gasteiger partial charge on any atom is -0.461 e. The molecule has 0 heterocycles. The number of rotatable bonds is 12. The van der Waals surface area contributed by atoms with Crippen LogP contribution >= 0.6 is 0 Å². The maximum Gasteiger partial charge on any atom is 0.306 e. The molecule has 8 nitrogen and oxygen atoms in total. The molecular weight excluding hydrogens is 632 g/mol. The van der Waals surface area contributed by atoms with Crippen molar-refractivity contribution in [2.24, 2.45) is 23.7 Å². The molecule has 276 valence electrons. The predicted octanol–water partition coefficient (Wildman–Crippen LogP) is 9.32. The van der Waals surface area contributed by atoms with Crippen LogP contribution in [-0.4, -0.2) is 35.1 Å². The van der Waals surface area contributed by atoms with Crippen molar-refractivity contribution in [2.45, 2.75) is 143 Å². The molecule has 0 N–H and O–H groups in total. The van der Waals surface area contributed by atoms with Gasteiger partial charge < -0.3 is 18.9 Å². The van der Waals surface area contributed by atoms with Gasteiger partial charge >= 0.3 is 23.9 Å². The van der Waals surface area contributed by atoms with Gasteiger partial charge in [0.2, 0.25) is 0 Å². The predicted molar refractivity (Wildman–Crippen MR) is 194 cm³/mol. The molecule has 8 heteroatoms. The van der Waals surface area contributed by atoms with Gasteiger partial charge in [0.25, 0.3) is 0 Å². The molecule has 0 bridgehead atoms. The van der Waals surface area contributed by atoms with Crippen molar-refractivity contribution in [1.29, 1.82) is 0 Å². The number of carbonyl (C=O) groups is 4. The summed E-state index contributed by atoms with van der Waals surface area (Å²) >= 11 is 0.